The molecule has 17 heavy (non-hydrogen) atoms. The maximum atomic E-state index is 13.4. The zero-order chi connectivity index (χ0) is 12.3. The molecule has 0 aliphatic rings. The van der Waals surface area contributed by atoms with Crippen molar-refractivity contribution in [3.63, 3.8) is 0 Å². The number of halogens is 2. The molecule has 0 radical (unpaired) electrons. The van der Waals surface area contributed by atoms with Crippen LogP contribution in [0.3, 0.4) is 0 Å². The smallest absolute Gasteiger partial charge is 0.162 e. The van der Waals surface area contributed by atoms with Crippen LogP contribution in [0.15, 0.2) is 41.2 Å². The SMILES string of the molecule is NC(Cc1ccoc1)Cc1cccc(F)c1F. The van der Waals surface area contributed by atoms with Crippen molar-refractivity contribution < 1.29 is 13.2 Å². The minimum Gasteiger partial charge on any atom is -0.472 e. The first-order valence-corrected chi connectivity index (χ1v) is 5.36. The second kappa shape index (κ2) is 5.10. The van der Waals surface area contributed by atoms with Crippen molar-refractivity contribution in [3.8, 4) is 0 Å². The lowest BCUT2D eigenvalue weighted by molar-refractivity contribution is 0.492. The van der Waals surface area contributed by atoms with Crippen molar-refractivity contribution in [2.24, 2.45) is 5.73 Å². The molecule has 0 spiro atoms. The molecule has 2 aromatic rings. The van der Waals surface area contributed by atoms with Crippen LogP contribution in [-0.2, 0) is 12.8 Å². The number of furan rings is 1. The fraction of sp³-hybridized carbons (Fsp3) is 0.231. The van der Waals surface area contributed by atoms with Gasteiger partial charge in [0, 0.05) is 6.04 Å². The van der Waals surface area contributed by atoms with E-state index in [2.05, 4.69) is 0 Å². The summed E-state index contributed by atoms with van der Waals surface area (Å²) in [6, 6.07) is 5.68. The molecule has 0 bridgehead atoms. The van der Waals surface area contributed by atoms with Crippen molar-refractivity contribution in [3.05, 3.63) is 59.6 Å². The maximum absolute atomic E-state index is 13.4. The van der Waals surface area contributed by atoms with E-state index in [4.69, 9.17) is 10.2 Å². The first-order chi connectivity index (χ1) is 8.16. The molecule has 0 amide bonds. The van der Waals surface area contributed by atoms with Crippen molar-refractivity contribution in [1.29, 1.82) is 0 Å². The summed E-state index contributed by atoms with van der Waals surface area (Å²) in [6.45, 7) is 0. The molecule has 2 nitrogen and oxygen atoms in total. The standard InChI is InChI=1S/C13H13F2NO/c14-12-3-1-2-10(13(12)15)7-11(16)6-9-4-5-17-8-9/h1-5,8,11H,6-7,16H2. The first kappa shape index (κ1) is 11.8. The molecule has 0 aliphatic heterocycles. The molecule has 1 heterocycles. The third kappa shape index (κ3) is 2.91. The highest BCUT2D eigenvalue weighted by atomic mass is 19.2. The predicted molar refractivity (Wildman–Crippen MR) is 60.4 cm³/mol. The Labute approximate surface area is 98.0 Å². The molecule has 0 fully saturated rings. The highest BCUT2D eigenvalue weighted by Crippen LogP contribution is 2.14. The highest BCUT2D eigenvalue weighted by Gasteiger charge is 2.12. The summed E-state index contributed by atoms with van der Waals surface area (Å²) >= 11 is 0. The summed E-state index contributed by atoms with van der Waals surface area (Å²) in [6.07, 6.45) is 4.04. The average molecular weight is 237 g/mol. The molecule has 2 N–H and O–H groups in total. The largest absolute Gasteiger partial charge is 0.472 e. The molecule has 1 aromatic heterocycles. The van der Waals surface area contributed by atoms with Gasteiger partial charge in [0.2, 0.25) is 0 Å². The van der Waals surface area contributed by atoms with Gasteiger partial charge in [0.25, 0.3) is 0 Å². The molecular formula is C13H13F2NO. The molecule has 0 aliphatic carbocycles. The van der Waals surface area contributed by atoms with E-state index in [0.717, 1.165) is 11.6 Å². The van der Waals surface area contributed by atoms with Crippen LogP contribution in [-0.4, -0.2) is 6.04 Å². The summed E-state index contributed by atoms with van der Waals surface area (Å²) in [5, 5.41) is 0. The number of rotatable bonds is 4. The minimum absolute atomic E-state index is 0.260. The fourth-order valence-electron chi connectivity index (χ4n) is 1.77. The van der Waals surface area contributed by atoms with Gasteiger partial charge in [-0.15, -0.1) is 0 Å². The Hall–Kier alpha value is -1.68. The Balaban J connectivity index is 2.03. The van der Waals surface area contributed by atoms with Crippen LogP contribution >= 0.6 is 0 Å². The summed E-state index contributed by atoms with van der Waals surface area (Å²) in [4.78, 5) is 0. The van der Waals surface area contributed by atoms with E-state index in [0.29, 0.717) is 18.4 Å². The van der Waals surface area contributed by atoms with Crippen LogP contribution in [0.5, 0.6) is 0 Å². The van der Waals surface area contributed by atoms with Gasteiger partial charge in [0.1, 0.15) is 0 Å². The van der Waals surface area contributed by atoms with Crippen molar-refractivity contribution in [1.82, 2.24) is 0 Å². The Morgan fingerprint density at radius 3 is 2.71 bits per heavy atom. The molecular weight excluding hydrogens is 224 g/mol. The van der Waals surface area contributed by atoms with Gasteiger partial charge < -0.3 is 10.2 Å². The minimum atomic E-state index is -0.835. The highest BCUT2D eigenvalue weighted by molar-refractivity contribution is 5.20. The van der Waals surface area contributed by atoms with Gasteiger partial charge in [-0.1, -0.05) is 12.1 Å². The fourth-order valence-corrected chi connectivity index (χ4v) is 1.77. The van der Waals surface area contributed by atoms with E-state index in [1.54, 1.807) is 18.6 Å². The van der Waals surface area contributed by atoms with Gasteiger partial charge in [-0.3, -0.25) is 0 Å². The Morgan fingerprint density at radius 1 is 1.18 bits per heavy atom. The van der Waals surface area contributed by atoms with Gasteiger partial charge in [-0.2, -0.15) is 0 Å². The Bertz CT molecular complexity index is 482. The molecule has 0 saturated heterocycles. The van der Waals surface area contributed by atoms with Gasteiger partial charge in [0.05, 0.1) is 12.5 Å². The Kier molecular flexibility index (Phi) is 3.54. The van der Waals surface area contributed by atoms with Crippen LogP contribution in [0.25, 0.3) is 0 Å². The van der Waals surface area contributed by atoms with Gasteiger partial charge in [0.15, 0.2) is 11.6 Å². The molecule has 4 heteroatoms. The van der Waals surface area contributed by atoms with E-state index in [1.807, 2.05) is 6.07 Å². The third-order valence-corrected chi connectivity index (χ3v) is 2.59. The summed E-state index contributed by atoms with van der Waals surface area (Å²) < 4.78 is 31.3. The molecule has 1 unspecified atom stereocenters. The zero-order valence-corrected chi connectivity index (χ0v) is 9.20. The van der Waals surface area contributed by atoms with Crippen LogP contribution in [0.2, 0.25) is 0 Å². The van der Waals surface area contributed by atoms with Crippen LogP contribution < -0.4 is 5.73 Å². The quantitative estimate of drug-likeness (QED) is 0.887. The molecule has 2 rings (SSSR count). The topological polar surface area (TPSA) is 39.2 Å². The number of hydrogen-bond acceptors (Lipinski definition) is 2. The lowest BCUT2D eigenvalue weighted by Crippen LogP contribution is -2.25. The van der Waals surface area contributed by atoms with Crippen molar-refractivity contribution >= 4 is 0 Å². The normalized spacial score (nSPS) is 12.6. The number of benzene rings is 1. The van der Waals surface area contributed by atoms with Gasteiger partial charge in [-0.25, -0.2) is 8.78 Å². The van der Waals surface area contributed by atoms with E-state index in [1.165, 1.54) is 6.07 Å². The summed E-state index contributed by atoms with van der Waals surface area (Å²) in [5.74, 6) is -1.65. The predicted octanol–water partition coefficient (Wildman–Crippen LogP) is 2.67. The summed E-state index contributed by atoms with van der Waals surface area (Å²) in [5.41, 5.74) is 7.14. The lowest BCUT2D eigenvalue weighted by Gasteiger charge is -2.11. The zero-order valence-electron chi connectivity index (χ0n) is 9.20. The second-order valence-electron chi connectivity index (χ2n) is 4.01. The van der Waals surface area contributed by atoms with Gasteiger partial charge >= 0.3 is 0 Å². The molecule has 1 atom stereocenters. The van der Waals surface area contributed by atoms with Crippen LogP contribution in [0.4, 0.5) is 8.78 Å². The van der Waals surface area contributed by atoms with E-state index in [-0.39, 0.29) is 6.04 Å². The molecule has 1 aromatic carbocycles. The number of hydrogen-bond donors (Lipinski definition) is 1. The Morgan fingerprint density at radius 2 is 2.00 bits per heavy atom. The van der Waals surface area contributed by atoms with Crippen molar-refractivity contribution in [2.45, 2.75) is 18.9 Å². The molecule has 0 saturated carbocycles. The maximum Gasteiger partial charge on any atom is 0.162 e. The third-order valence-electron chi connectivity index (χ3n) is 2.59. The second-order valence-corrected chi connectivity index (χ2v) is 4.01. The van der Waals surface area contributed by atoms with E-state index < -0.39 is 11.6 Å². The van der Waals surface area contributed by atoms with Gasteiger partial charge in [-0.05, 0) is 36.1 Å². The lowest BCUT2D eigenvalue weighted by atomic mass is 10.0. The monoisotopic (exact) mass is 237 g/mol. The van der Waals surface area contributed by atoms with Crippen molar-refractivity contribution in [2.75, 3.05) is 0 Å². The summed E-state index contributed by atoms with van der Waals surface area (Å²) in [7, 11) is 0. The van der Waals surface area contributed by atoms with E-state index >= 15 is 0 Å². The first-order valence-electron chi connectivity index (χ1n) is 5.36. The van der Waals surface area contributed by atoms with Crippen LogP contribution in [0, 0.1) is 11.6 Å². The average Bonchev–Trinajstić information content (AvgIpc) is 2.77. The number of nitrogens with two attached hydrogens (primary N) is 1. The van der Waals surface area contributed by atoms with Crippen LogP contribution in [0.1, 0.15) is 11.1 Å². The molecule has 90 valence electrons. The van der Waals surface area contributed by atoms with E-state index in [9.17, 15) is 8.78 Å².